The molecule has 1 N–H and O–H groups in total. The number of nitrogens with one attached hydrogen (secondary N) is 1. The van der Waals surface area contributed by atoms with E-state index in [4.69, 9.17) is 0 Å². The molecule has 0 bridgehead atoms. The van der Waals surface area contributed by atoms with Gasteiger partial charge in [0.25, 0.3) is 0 Å². The van der Waals surface area contributed by atoms with Crippen molar-refractivity contribution in [1.29, 1.82) is 0 Å². The summed E-state index contributed by atoms with van der Waals surface area (Å²) in [6.45, 7) is 8.08. The summed E-state index contributed by atoms with van der Waals surface area (Å²) in [7, 11) is 0. The van der Waals surface area contributed by atoms with Crippen molar-refractivity contribution in [2.45, 2.75) is 39.2 Å². The minimum absolute atomic E-state index is 0.158. The van der Waals surface area contributed by atoms with Crippen LogP contribution in [-0.2, 0) is 0 Å². The monoisotopic (exact) mass is 253 g/mol. The third kappa shape index (κ3) is 3.64. The first kappa shape index (κ1) is 14.8. The summed E-state index contributed by atoms with van der Waals surface area (Å²) in [4.78, 5) is 0. The Hall–Kier alpha value is -1.22. The van der Waals surface area contributed by atoms with E-state index in [9.17, 15) is 8.78 Å². The summed E-state index contributed by atoms with van der Waals surface area (Å²) in [5, 5.41) is 3.20. The van der Waals surface area contributed by atoms with E-state index in [1.165, 1.54) is 12.1 Å². The average Bonchev–Trinajstić information content (AvgIpc) is 2.36. The van der Waals surface area contributed by atoms with Crippen LogP contribution in [0.4, 0.5) is 8.78 Å². The van der Waals surface area contributed by atoms with Crippen molar-refractivity contribution in [3.63, 3.8) is 0 Å². The molecule has 0 amide bonds. The van der Waals surface area contributed by atoms with Gasteiger partial charge in [-0.15, -0.1) is 6.58 Å². The molecule has 0 saturated carbocycles. The van der Waals surface area contributed by atoms with E-state index in [1.807, 2.05) is 6.92 Å². The largest absolute Gasteiger partial charge is 0.310 e. The predicted octanol–water partition coefficient (Wildman–Crippen LogP) is 4.28. The molecule has 0 fully saturated rings. The summed E-state index contributed by atoms with van der Waals surface area (Å²) in [5.74, 6) is -0.913. The quantitative estimate of drug-likeness (QED) is 0.715. The van der Waals surface area contributed by atoms with Crippen molar-refractivity contribution in [2.75, 3.05) is 6.54 Å². The van der Waals surface area contributed by atoms with Crippen LogP contribution in [0.25, 0.3) is 0 Å². The number of halogens is 2. The molecule has 1 unspecified atom stereocenters. The van der Waals surface area contributed by atoms with Crippen molar-refractivity contribution in [2.24, 2.45) is 0 Å². The molecule has 1 nitrogen and oxygen atoms in total. The highest BCUT2D eigenvalue weighted by Gasteiger charge is 2.20. The molecule has 1 rings (SSSR count). The summed E-state index contributed by atoms with van der Waals surface area (Å²) >= 11 is 0. The van der Waals surface area contributed by atoms with Crippen LogP contribution in [0, 0.1) is 18.6 Å². The lowest BCUT2D eigenvalue weighted by Gasteiger charge is -2.20. The number of aryl methyl sites for hydroxylation is 1. The van der Waals surface area contributed by atoms with E-state index in [0.717, 1.165) is 19.4 Å². The third-order valence-electron chi connectivity index (χ3n) is 2.97. The second-order valence-corrected chi connectivity index (χ2v) is 4.46. The van der Waals surface area contributed by atoms with Gasteiger partial charge in [0, 0.05) is 11.6 Å². The Morgan fingerprint density at radius 3 is 2.72 bits per heavy atom. The maximum absolute atomic E-state index is 14.1. The van der Waals surface area contributed by atoms with E-state index in [-0.39, 0.29) is 11.6 Å². The Morgan fingerprint density at radius 2 is 2.11 bits per heavy atom. The van der Waals surface area contributed by atoms with Crippen molar-refractivity contribution in [3.05, 3.63) is 47.5 Å². The van der Waals surface area contributed by atoms with Gasteiger partial charge in [-0.05, 0) is 44.4 Å². The lowest BCUT2D eigenvalue weighted by Crippen LogP contribution is -2.24. The van der Waals surface area contributed by atoms with Crippen molar-refractivity contribution in [1.82, 2.24) is 5.32 Å². The molecule has 0 aliphatic rings. The molecule has 0 spiro atoms. The van der Waals surface area contributed by atoms with Gasteiger partial charge >= 0.3 is 0 Å². The maximum Gasteiger partial charge on any atom is 0.133 e. The molecule has 0 aliphatic heterocycles. The standard InChI is InChI=1S/C15H21F2N/c1-4-6-7-13(18-10-5-2)14-12(16)9-8-11(3)15(14)17/h4,8-9,13,18H,1,5-7,10H2,2-3H3. The topological polar surface area (TPSA) is 12.0 Å². The van der Waals surface area contributed by atoms with E-state index in [0.29, 0.717) is 12.0 Å². The summed E-state index contributed by atoms with van der Waals surface area (Å²) < 4.78 is 27.9. The Morgan fingerprint density at radius 1 is 1.39 bits per heavy atom. The van der Waals surface area contributed by atoms with Gasteiger partial charge in [0.15, 0.2) is 0 Å². The molecule has 100 valence electrons. The molecule has 0 saturated heterocycles. The van der Waals surface area contributed by atoms with Gasteiger partial charge < -0.3 is 5.32 Å². The minimum Gasteiger partial charge on any atom is -0.310 e. The Balaban J connectivity index is 3.02. The predicted molar refractivity (Wildman–Crippen MR) is 71.6 cm³/mol. The molecule has 0 radical (unpaired) electrons. The first-order valence-electron chi connectivity index (χ1n) is 6.40. The van der Waals surface area contributed by atoms with Gasteiger partial charge in [-0.25, -0.2) is 8.78 Å². The third-order valence-corrected chi connectivity index (χ3v) is 2.97. The Bertz CT molecular complexity index is 402. The summed E-state index contributed by atoms with van der Waals surface area (Å²) in [6.07, 6.45) is 4.08. The first-order chi connectivity index (χ1) is 8.61. The molecule has 1 atom stereocenters. The number of allylic oxidation sites excluding steroid dienone is 1. The molecule has 1 aromatic carbocycles. The fraction of sp³-hybridized carbons (Fsp3) is 0.467. The normalized spacial score (nSPS) is 12.4. The molecular weight excluding hydrogens is 232 g/mol. The zero-order chi connectivity index (χ0) is 13.5. The van der Waals surface area contributed by atoms with Crippen molar-refractivity contribution >= 4 is 0 Å². The Labute approximate surface area is 108 Å². The van der Waals surface area contributed by atoms with Crippen LogP contribution in [0.1, 0.15) is 43.4 Å². The average molecular weight is 253 g/mol. The lowest BCUT2D eigenvalue weighted by atomic mass is 9.98. The fourth-order valence-electron chi connectivity index (χ4n) is 1.95. The second kappa shape index (κ2) is 7.27. The van der Waals surface area contributed by atoms with E-state index >= 15 is 0 Å². The summed E-state index contributed by atoms with van der Waals surface area (Å²) in [6, 6.07) is 2.52. The molecular formula is C15H21F2N. The SMILES string of the molecule is C=CCCC(NCCC)c1c(F)ccc(C)c1F. The van der Waals surface area contributed by atoms with E-state index < -0.39 is 11.6 Å². The van der Waals surface area contributed by atoms with E-state index in [2.05, 4.69) is 11.9 Å². The van der Waals surface area contributed by atoms with Crippen LogP contribution in [-0.4, -0.2) is 6.54 Å². The highest BCUT2D eigenvalue weighted by molar-refractivity contribution is 5.29. The zero-order valence-electron chi connectivity index (χ0n) is 11.1. The fourth-order valence-corrected chi connectivity index (χ4v) is 1.95. The van der Waals surface area contributed by atoms with Crippen LogP contribution in [0.3, 0.4) is 0 Å². The zero-order valence-corrected chi connectivity index (χ0v) is 11.1. The molecule has 0 aliphatic carbocycles. The molecule has 1 aromatic rings. The highest BCUT2D eigenvalue weighted by Crippen LogP contribution is 2.26. The first-order valence-corrected chi connectivity index (χ1v) is 6.40. The van der Waals surface area contributed by atoms with E-state index in [1.54, 1.807) is 13.0 Å². The second-order valence-electron chi connectivity index (χ2n) is 4.46. The summed E-state index contributed by atoms with van der Waals surface area (Å²) in [5.41, 5.74) is 0.638. The van der Waals surface area contributed by atoms with Gasteiger partial charge in [-0.2, -0.15) is 0 Å². The van der Waals surface area contributed by atoms with Crippen molar-refractivity contribution < 1.29 is 8.78 Å². The van der Waals surface area contributed by atoms with Crippen LogP contribution >= 0.6 is 0 Å². The molecule has 0 heterocycles. The highest BCUT2D eigenvalue weighted by atomic mass is 19.1. The maximum atomic E-state index is 14.1. The van der Waals surface area contributed by atoms with Crippen molar-refractivity contribution in [3.8, 4) is 0 Å². The van der Waals surface area contributed by atoms with Gasteiger partial charge in [0.05, 0.1) is 0 Å². The van der Waals surface area contributed by atoms with Gasteiger partial charge in [-0.1, -0.05) is 19.1 Å². The molecule has 18 heavy (non-hydrogen) atoms. The van der Waals surface area contributed by atoms with Crippen LogP contribution in [0.15, 0.2) is 24.8 Å². The smallest absolute Gasteiger partial charge is 0.133 e. The lowest BCUT2D eigenvalue weighted by molar-refractivity contribution is 0.446. The van der Waals surface area contributed by atoms with Crippen LogP contribution in [0.2, 0.25) is 0 Å². The van der Waals surface area contributed by atoms with Crippen LogP contribution < -0.4 is 5.32 Å². The van der Waals surface area contributed by atoms with Gasteiger partial charge in [0.2, 0.25) is 0 Å². The molecule has 0 aromatic heterocycles. The Kier molecular flexibility index (Phi) is 5.99. The molecule has 3 heteroatoms. The number of benzene rings is 1. The number of rotatable bonds is 7. The van der Waals surface area contributed by atoms with Gasteiger partial charge in [-0.3, -0.25) is 0 Å². The van der Waals surface area contributed by atoms with Gasteiger partial charge in [0.1, 0.15) is 11.6 Å². The van der Waals surface area contributed by atoms with Crippen LogP contribution in [0.5, 0.6) is 0 Å². The minimum atomic E-state index is -0.476. The number of hydrogen-bond acceptors (Lipinski definition) is 1. The number of hydrogen-bond donors (Lipinski definition) is 1.